The molecule has 0 saturated heterocycles. The Balaban J connectivity index is 5.56. The molecule has 0 aliphatic rings. The summed E-state index contributed by atoms with van der Waals surface area (Å²) in [6, 6.07) is -4.92. The molecule has 0 saturated carbocycles. The third-order valence-corrected chi connectivity index (χ3v) is 5.29. The lowest BCUT2D eigenvalue weighted by molar-refractivity contribution is -0.142. The van der Waals surface area contributed by atoms with E-state index in [1.54, 1.807) is 6.26 Å². The van der Waals surface area contributed by atoms with Crippen molar-refractivity contribution < 1.29 is 34.2 Å². The molecule has 4 atom stereocenters. The lowest BCUT2D eigenvalue weighted by Gasteiger charge is -2.25. The highest BCUT2D eigenvalue weighted by molar-refractivity contribution is 7.98. The van der Waals surface area contributed by atoms with Crippen LogP contribution in [0.4, 0.5) is 0 Å². The van der Waals surface area contributed by atoms with E-state index in [2.05, 4.69) is 20.9 Å². The summed E-state index contributed by atoms with van der Waals surface area (Å²) >= 11 is 1.42. The van der Waals surface area contributed by atoms with Crippen LogP contribution in [0.15, 0.2) is 4.99 Å². The number of rotatable bonds is 18. The highest BCUT2D eigenvalue weighted by atomic mass is 32.2. The standard InChI is InChI=1S/C19H36N8O7S/c1-35-8-6-12(25-15(30)10(20)9-28)17(32)26-11(3-2-7-24-19(22)23)16(31)27-13(18(33)34)4-5-14(21)29/h10-13,28H,2-9,20H2,1H3,(H2,21,29)(H,25,30)(H,26,32)(H,27,31)(H,33,34)(H4,22,23,24). The number of aliphatic hydroxyl groups is 1. The minimum atomic E-state index is -1.42. The average molecular weight is 521 g/mol. The van der Waals surface area contributed by atoms with Crippen LogP contribution in [0.3, 0.4) is 0 Å². The van der Waals surface area contributed by atoms with Crippen LogP contribution in [0.5, 0.6) is 0 Å². The van der Waals surface area contributed by atoms with E-state index in [1.165, 1.54) is 11.8 Å². The van der Waals surface area contributed by atoms with Gasteiger partial charge in [-0.25, -0.2) is 4.79 Å². The molecule has 15 nitrogen and oxygen atoms in total. The summed E-state index contributed by atoms with van der Waals surface area (Å²) in [7, 11) is 0. The van der Waals surface area contributed by atoms with Crippen LogP contribution in [0.25, 0.3) is 0 Å². The first-order valence-corrected chi connectivity index (χ1v) is 12.1. The monoisotopic (exact) mass is 520 g/mol. The van der Waals surface area contributed by atoms with Crippen LogP contribution < -0.4 is 38.9 Å². The lowest BCUT2D eigenvalue weighted by Crippen LogP contribution is -2.57. The second-order valence-corrected chi connectivity index (χ2v) is 8.53. The Morgan fingerprint density at radius 3 is 1.91 bits per heavy atom. The van der Waals surface area contributed by atoms with Gasteiger partial charge in [-0.1, -0.05) is 0 Å². The first kappa shape index (κ1) is 31.9. The number of guanidine groups is 1. The quantitative estimate of drug-likeness (QED) is 0.0475. The summed E-state index contributed by atoms with van der Waals surface area (Å²) < 4.78 is 0. The molecule has 0 fully saturated rings. The fourth-order valence-corrected chi connectivity index (χ4v) is 3.20. The number of carboxylic acid groups (broad SMARTS) is 1. The number of primary amides is 1. The Kier molecular flexibility index (Phi) is 15.8. The second-order valence-electron chi connectivity index (χ2n) is 7.55. The van der Waals surface area contributed by atoms with E-state index in [0.717, 1.165) is 0 Å². The zero-order chi connectivity index (χ0) is 27.0. The maximum atomic E-state index is 12.9. The Labute approximate surface area is 207 Å². The summed E-state index contributed by atoms with van der Waals surface area (Å²) in [6.07, 6.45) is 1.79. The number of aliphatic carboxylic acids is 1. The molecule has 0 bridgehead atoms. The van der Waals surface area contributed by atoms with Gasteiger partial charge in [0.15, 0.2) is 5.96 Å². The summed E-state index contributed by atoms with van der Waals surface area (Å²) in [4.78, 5) is 64.2. The molecule has 0 radical (unpaired) electrons. The molecule has 0 aromatic heterocycles. The molecule has 0 aliphatic carbocycles. The van der Waals surface area contributed by atoms with Gasteiger partial charge in [-0.2, -0.15) is 11.8 Å². The van der Waals surface area contributed by atoms with E-state index in [0.29, 0.717) is 5.75 Å². The van der Waals surface area contributed by atoms with Gasteiger partial charge in [0.1, 0.15) is 24.2 Å². The van der Waals surface area contributed by atoms with Crippen molar-refractivity contribution >= 4 is 47.3 Å². The van der Waals surface area contributed by atoms with Crippen molar-refractivity contribution in [1.82, 2.24) is 16.0 Å². The van der Waals surface area contributed by atoms with Crippen molar-refractivity contribution in [1.29, 1.82) is 0 Å². The number of nitrogens with zero attached hydrogens (tertiary/aromatic N) is 1. The smallest absolute Gasteiger partial charge is 0.326 e. The fourth-order valence-electron chi connectivity index (χ4n) is 2.73. The van der Waals surface area contributed by atoms with Crippen LogP contribution in [0, 0.1) is 0 Å². The molecule has 0 aromatic carbocycles. The number of thioether (sulfide) groups is 1. The van der Waals surface area contributed by atoms with Gasteiger partial charge >= 0.3 is 5.97 Å². The van der Waals surface area contributed by atoms with Crippen LogP contribution in [-0.4, -0.2) is 95.1 Å². The number of nitrogens with two attached hydrogens (primary N) is 4. The van der Waals surface area contributed by atoms with Gasteiger partial charge < -0.3 is 49.1 Å². The van der Waals surface area contributed by atoms with Crippen molar-refractivity contribution in [3.63, 3.8) is 0 Å². The number of hydrogen-bond donors (Lipinski definition) is 9. The molecule has 0 aliphatic heterocycles. The van der Waals surface area contributed by atoms with Gasteiger partial charge in [-0.05, 0) is 37.7 Å². The van der Waals surface area contributed by atoms with Crippen molar-refractivity contribution in [2.45, 2.75) is 56.3 Å². The highest BCUT2D eigenvalue weighted by Crippen LogP contribution is 2.06. The van der Waals surface area contributed by atoms with Gasteiger partial charge in [-0.3, -0.25) is 24.2 Å². The van der Waals surface area contributed by atoms with Crippen molar-refractivity contribution in [3.8, 4) is 0 Å². The molecular formula is C19H36N8O7S. The Morgan fingerprint density at radius 1 is 0.886 bits per heavy atom. The topological polar surface area (TPSA) is 278 Å². The normalized spacial score (nSPS) is 14.0. The molecule has 13 N–H and O–H groups in total. The largest absolute Gasteiger partial charge is 0.480 e. The molecule has 0 spiro atoms. The predicted molar refractivity (Wildman–Crippen MR) is 130 cm³/mol. The van der Waals surface area contributed by atoms with Gasteiger partial charge in [0.2, 0.25) is 23.6 Å². The Hall–Kier alpha value is -3.11. The van der Waals surface area contributed by atoms with Crippen molar-refractivity contribution in [2.75, 3.05) is 25.2 Å². The number of nitrogens with one attached hydrogen (secondary N) is 3. The molecule has 4 unspecified atom stereocenters. The van der Waals surface area contributed by atoms with Crippen molar-refractivity contribution in [2.24, 2.45) is 27.9 Å². The minimum absolute atomic E-state index is 0.0376. The number of hydrogen-bond acceptors (Lipinski definition) is 9. The van der Waals surface area contributed by atoms with Gasteiger partial charge in [0.25, 0.3) is 0 Å². The molecule has 200 valence electrons. The third kappa shape index (κ3) is 14.0. The van der Waals surface area contributed by atoms with Gasteiger partial charge in [-0.15, -0.1) is 0 Å². The number of carboxylic acids is 1. The van der Waals surface area contributed by atoms with Gasteiger partial charge in [0, 0.05) is 13.0 Å². The molecular weight excluding hydrogens is 484 g/mol. The van der Waals surface area contributed by atoms with Crippen LogP contribution >= 0.6 is 11.8 Å². The molecule has 0 aromatic rings. The lowest BCUT2D eigenvalue weighted by atomic mass is 10.1. The Morgan fingerprint density at radius 2 is 1.43 bits per heavy atom. The molecule has 35 heavy (non-hydrogen) atoms. The van der Waals surface area contributed by atoms with Crippen LogP contribution in [0.1, 0.15) is 32.1 Å². The van der Waals surface area contributed by atoms with E-state index in [9.17, 15) is 29.1 Å². The zero-order valence-electron chi connectivity index (χ0n) is 19.6. The molecule has 4 amide bonds. The summed E-state index contributed by atoms with van der Waals surface area (Å²) in [6.45, 7) is -0.482. The minimum Gasteiger partial charge on any atom is -0.480 e. The number of aliphatic hydroxyl groups excluding tert-OH is 1. The average Bonchev–Trinajstić information content (AvgIpc) is 2.79. The molecule has 16 heteroatoms. The van der Waals surface area contributed by atoms with Gasteiger partial charge in [0.05, 0.1) is 6.61 Å². The first-order valence-electron chi connectivity index (χ1n) is 10.8. The fraction of sp³-hybridized carbons (Fsp3) is 0.684. The molecule has 0 rings (SSSR count). The van der Waals surface area contributed by atoms with Crippen LogP contribution in [0.2, 0.25) is 0 Å². The maximum absolute atomic E-state index is 12.9. The second kappa shape index (κ2) is 17.3. The number of carbonyl (C=O) groups is 5. The SMILES string of the molecule is CSCCC(NC(=O)C(N)CO)C(=O)NC(CCCN=C(N)N)C(=O)NC(CCC(N)=O)C(=O)O. The number of amides is 4. The zero-order valence-corrected chi connectivity index (χ0v) is 20.4. The number of aliphatic imine (C=N–C) groups is 1. The summed E-state index contributed by atoms with van der Waals surface area (Å²) in [5.74, 6) is -4.06. The van der Waals surface area contributed by atoms with E-state index in [-0.39, 0.29) is 44.6 Å². The predicted octanol–water partition coefficient (Wildman–Crippen LogP) is -4.08. The summed E-state index contributed by atoms with van der Waals surface area (Å²) in [5.41, 5.74) is 21.1. The van der Waals surface area contributed by atoms with Crippen molar-refractivity contribution in [3.05, 3.63) is 0 Å². The summed E-state index contributed by atoms with van der Waals surface area (Å²) in [5, 5.41) is 25.7. The third-order valence-electron chi connectivity index (χ3n) is 4.65. The first-order chi connectivity index (χ1) is 16.4. The maximum Gasteiger partial charge on any atom is 0.326 e. The van der Waals surface area contributed by atoms with E-state index >= 15 is 0 Å². The highest BCUT2D eigenvalue weighted by Gasteiger charge is 2.30. The van der Waals surface area contributed by atoms with E-state index < -0.39 is 60.4 Å². The van der Waals surface area contributed by atoms with E-state index in [1.807, 2.05) is 0 Å². The number of carbonyl (C=O) groups excluding carboxylic acids is 4. The Bertz CT molecular complexity index is 763. The van der Waals surface area contributed by atoms with E-state index in [4.69, 9.17) is 28.0 Å². The van der Waals surface area contributed by atoms with Crippen LogP contribution in [-0.2, 0) is 24.0 Å². The molecule has 0 heterocycles.